The first-order valence-electron chi connectivity index (χ1n) is 10.4. The largest absolute Gasteiger partial charge is 0.573 e. The van der Waals surface area contributed by atoms with Gasteiger partial charge in [-0.3, -0.25) is 4.79 Å². The Hall–Kier alpha value is -3.49. The van der Waals surface area contributed by atoms with Crippen LogP contribution in [0.5, 0.6) is 17.2 Å². The van der Waals surface area contributed by atoms with Crippen LogP contribution in [0.1, 0.15) is 47.8 Å². The van der Waals surface area contributed by atoms with Gasteiger partial charge in [-0.15, -0.1) is 13.2 Å². The molecule has 0 unspecified atom stereocenters. The van der Waals surface area contributed by atoms with Crippen LogP contribution >= 0.6 is 0 Å². The van der Waals surface area contributed by atoms with E-state index < -0.39 is 29.5 Å². The van der Waals surface area contributed by atoms with E-state index in [-0.39, 0.29) is 17.9 Å². The summed E-state index contributed by atoms with van der Waals surface area (Å²) in [7, 11) is 1.25. The molecule has 0 aliphatic heterocycles. The van der Waals surface area contributed by atoms with Gasteiger partial charge in [0.1, 0.15) is 17.2 Å². The molecule has 9 heteroatoms. The second-order valence-electron chi connectivity index (χ2n) is 7.92. The van der Waals surface area contributed by atoms with Gasteiger partial charge in [0.25, 0.3) is 0 Å². The Bertz CT molecular complexity index is 1060. The average Bonchev–Trinajstić information content (AvgIpc) is 2.73. The number of ketones is 1. The van der Waals surface area contributed by atoms with Crippen molar-refractivity contribution in [2.75, 3.05) is 13.7 Å². The molecule has 0 amide bonds. The number of allylic oxidation sites excluding steroid dienone is 1. The van der Waals surface area contributed by atoms with E-state index in [9.17, 15) is 22.8 Å². The van der Waals surface area contributed by atoms with Crippen molar-refractivity contribution in [3.8, 4) is 17.2 Å². The first-order valence-corrected chi connectivity index (χ1v) is 10.4. The smallest absolute Gasteiger partial charge is 0.496 e. The summed E-state index contributed by atoms with van der Waals surface area (Å²) >= 11 is 0. The van der Waals surface area contributed by atoms with E-state index in [1.807, 2.05) is 13.8 Å². The highest BCUT2D eigenvalue weighted by atomic mass is 19.4. The molecule has 2 aromatic carbocycles. The van der Waals surface area contributed by atoms with Gasteiger partial charge in [0, 0.05) is 6.07 Å². The van der Waals surface area contributed by atoms with Gasteiger partial charge >= 0.3 is 12.3 Å². The lowest BCUT2D eigenvalue weighted by Gasteiger charge is -2.26. The quantitative estimate of drug-likeness (QED) is 0.256. The second kappa shape index (κ2) is 10.6. The molecular formula is C25H27F3O6. The van der Waals surface area contributed by atoms with Gasteiger partial charge in [-0.1, -0.05) is 6.08 Å². The third-order valence-corrected chi connectivity index (χ3v) is 4.71. The molecule has 0 aliphatic carbocycles. The summed E-state index contributed by atoms with van der Waals surface area (Å²) in [5.41, 5.74) is 1.09. The minimum atomic E-state index is -4.85. The number of esters is 1. The maximum atomic E-state index is 12.6. The van der Waals surface area contributed by atoms with E-state index >= 15 is 0 Å². The molecule has 0 saturated carbocycles. The summed E-state index contributed by atoms with van der Waals surface area (Å²) < 4.78 is 57.2. The van der Waals surface area contributed by atoms with E-state index in [2.05, 4.69) is 4.74 Å². The summed E-state index contributed by atoms with van der Waals surface area (Å²) in [6.07, 6.45) is -1.99. The third kappa shape index (κ3) is 7.00. The first kappa shape index (κ1) is 26.8. The molecule has 0 fully saturated rings. The molecule has 184 valence electrons. The number of hydrogen-bond acceptors (Lipinski definition) is 6. The summed E-state index contributed by atoms with van der Waals surface area (Å²) in [5.74, 6) is -0.951. The number of hydrogen-bond donors (Lipinski definition) is 0. The van der Waals surface area contributed by atoms with Crippen molar-refractivity contribution in [1.29, 1.82) is 0 Å². The van der Waals surface area contributed by atoms with Gasteiger partial charge in [-0.2, -0.15) is 0 Å². The second-order valence-corrected chi connectivity index (χ2v) is 7.92. The lowest BCUT2D eigenvalue weighted by molar-refractivity contribution is -0.274. The van der Waals surface area contributed by atoms with Crippen molar-refractivity contribution in [3.63, 3.8) is 0 Å². The number of halogens is 3. The molecule has 0 bridgehead atoms. The molecule has 34 heavy (non-hydrogen) atoms. The highest BCUT2D eigenvalue weighted by molar-refractivity contribution is 6.08. The van der Waals surface area contributed by atoms with E-state index in [1.165, 1.54) is 19.3 Å². The van der Waals surface area contributed by atoms with Crippen LogP contribution in [0.4, 0.5) is 13.2 Å². The van der Waals surface area contributed by atoms with Gasteiger partial charge in [-0.05, 0) is 81.7 Å². The predicted molar refractivity (Wildman–Crippen MR) is 120 cm³/mol. The van der Waals surface area contributed by atoms with E-state index in [0.717, 1.165) is 23.3 Å². The van der Waals surface area contributed by atoms with Crippen molar-refractivity contribution < 1.29 is 41.7 Å². The van der Waals surface area contributed by atoms with Crippen LogP contribution in [-0.2, 0) is 9.53 Å². The van der Waals surface area contributed by atoms with Crippen molar-refractivity contribution in [1.82, 2.24) is 0 Å². The van der Waals surface area contributed by atoms with Crippen LogP contribution in [0.2, 0.25) is 0 Å². The van der Waals surface area contributed by atoms with Crippen LogP contribution < -0.4 is 14.2 Å². The molecule has 0 heterocycles. The van der Waals surface area contributed by atoms with Crippen LogP contribution in [0.15, 0.2) is 36.4 Å². The van der Waals surface area contributed by atoms with Crippen LogP contribution in [-0.4, -0.2) is 37.4 Å². The standard InChI is InChI=1S/C25H27F3O6/c1-7-32-23(30)24(4,5)34-22-15(2)12-17(13-16(22)3)8-11-20(29)19-10-9-18(14-21(19)31-6)33-25(26,27)28/h8-14H,7H2,1-6H3. The summed E-state index contributed by atoms with van der Waals surface area (Å²) in [4.78, 5) is 24.8. The van der Waals surface area contributed by atoms with Gasteiger partial charge in [0.2, 0.25) is 0 Å². The maximum Gasteiger partial charge on any atom is 0.573 e. The number of benzene rings is 2. The average molecular weight is 480 g/mol. The minimum absolute atomic E-state index is 0.0475. The Morgan fingerprint density at radius 3 is 2.15 bits per heavy atom. The summed E-state index contributed by atoms with van der Waals surface area (Å²) in [6, 6.07) is 6.82. The highest BCUT2D eigenvalue weighted by Gasteiger charge is 2.33. The number of carbonyl (C=O) groups excluding carboxylic acids is 2. The Kier molecular flexibility index (Phi) is 8.36. The number of alkyl halides is 3. The fourth-order valence-electron chi connectivity index (χ4n) is 3.18. The van der Waals surface area contributed by atoms with Crippen molar-refractivity contribution in [2.45, 2.75) is 46.6 Å². The Balaban J connectivity index is 2.24. The van der Waals surface area contributed by atoms with E-state index in [4.69, 9.17) is 14.2 Å². The monoisotopic (exact) mass is 480 g/mol. The van der Waals surface area contributed by atoms with E-state index in [0.29, 0.717) is 11.3 Å². The van der Waals surface area contributed by atoms with Crippen molar-refractivity contribution in [2.24, 2.45) is 0 Å². The highest BCUT2D eigenvalue weighted by Crippen LogP contribution is 2.31. The molecule has 0 saturated heterocycles. The van der Waals surface area contributed by atoms with Crippen LogP contribution in [0, 0.1) is 13.8 Å². The first-order chi connectivity index (χ1) is 15.8. The van der Waals surface area contributed by atoms with Crippen LogP contribution in [0.25, 0.3) is 6.08 Å². The molecule has 0 aromatic heterocycles. The number of carbonyl (C=O) groups is 2. The molecule has 0 radical (unpaired) electrons. The van der Waals surface area contributed by atoms with Gasteiger partial charge in [-0.25, -0.2) is 4.79 Å². The Morgan fingerprint density at radius 1 is 1.00 bits per heavy atom. The molecule has 2 aromatic rings. The topological polar surface area (TPSA) is 71.1 Å². The predicted octanol–water partition coefficient (Wildman–Crippen LogP) is 5.83. The zero-order valence-electron chi connectivity index (χ0n) is 19.8. The number of rotatable bonds is 9. The molecule has 2 rings (SSSR count). The minimum Gasteiger partial charge on any atom is -0.496 e. The van der Waals surface area contributed by atoms with Crippen LogP contribution in [0.3, 0.4) is 0 Å². The van der Waals surface area contributed by atoms with Gasteiger partial charge in [0.05, 0.1) is 19.3 Å². The molecule has 0 N–H and O–H groups in total. The zero-order valence-corrected chi connectivity index (χ0v) is 19.8. The Labute approximate surface area is 196 Å². The Morgan fingerprint density at radius 2 is 1.62 bits per heavy atom. The molecule has 0 spiro atoms. The molecule has 0 aliphatic rings. The summed E-state index contributed by atoms with van der Waals surface area (Å²) in [6.45, 7) is 8.82. The molecular weight excluding hydrogens is 453 g/mol. The normalized spacial score (nSPS) is 11.9. The van der Waals surface area contributed by atoms with Crippen molar-refractivity contribution in [3.05, 3.63) is 58.7 Å². The van der Waals surface area contributed by atoms with Gasteiger partial charge in [0.15, 0.2) is 11.4 Å². The fraction of sp³-hybridized carbons (Fsp3) is 0.360. The van der Waals surface area contributed by atoms with Gasteiger partial charge < -0.3 is 18.9 Å². The molecule has 6 nitrogen and oxygen atoms in total. The fourth-order valence-corrected chi connectivity index (χ4v) is 3.18. The maximum absolute atomic E-state index is 12.6. The zero-order chi connectivity index (χ0) is 25.7. The number of aryl methyl sites for hydroxylation is 2. The lowest BCUT2D eigenvalue weighted by Crippen LogP contribution is -2.40. The number of ether oxygens (including phenoxy) is 4. The van der Waals surface area contributed by atoms with Crippen molar-refractivity contribution >= 4 is 17.8 Å². The SMILES string of the molecule is CCOC(=O)C(C)(C)Oc1c(C)cc(C=CC(=O)c2ccc(OC(F)(F)F)cc2OC)cc1C. The number of methoxy groups -OCH3 is 1. The lowest BCUT2D eigenvalue weighted by atomic mass is 10.0. The molecule has 0 atom stereocenters. The van der Waals surface area contributed by atoms with E-state index in [1.54, 1.807) is 39.0 Å². The summed E-state index contributed by atoms with van der Waals surface area (Å²) in [5, 5.41) is 0. The third-order valence-electron chi connectivity index (χ3n) is 4.71.